The molecule has 2 saturated heterocycles. The molecule has 0 saturated carbocycles. The van der Waals surface area contributed by atoms with Crippen molar-refractivity contribution in [2.45, 2.75) is 95.6 Å². The molecule has 2 fully saturated rings. The van der Waals surface area contributed by atoms with Crippen LogP contribution in [0.2, 0.25) is 0 Å². The van der Waals surface area contributed by atoms with Crippen LogP contribution in [0.4, 0.5) is 4.79 Å². The third kappa shape index (κ3) is 3.38. The summed E-state index contributed by atoms with van der Waals surface area (Å²) in [6, 6.07) is 1.32. The third-order valence-electron chi connectivity index (χ3n) is 5.59. The largest absolute Gasteiger partial charge is 0.444 e. The molecule has 0 unspecified atom stereocenters. The van der Waals surface area contributed by atoms with E-state index in [9.17, 15) is 4.79 Å². The van der Waals surface area contributed by atoms with Gasteiger partial charge in [0.2, 0.25) is 0 Å². The van der Waals surface area contributed by atoms with Gasteiger partial charge in [0.1, 0.15) is 17.8 Å². The lowest BCUT2D eigenvalue weighted by Crippen LogP contribution is -2.53. The maximum Gasteiger partial charge on any atom is 0.410 e. The number of carbonyl (C=O) groups is 1. The Labute approximate surface area is 149 Å². The van der Waals surface area contributed by atoms with Gasteiger partial charge in [-0.1, -0.05) is 0 Å². The Hall–Kier alpha value is -1.63. The Balaban J connectivity index is 1.40. The molecule has 1 N–H and O–H groups in total. The van der Waals surface area contributed by atoms with E-state index >= 15 is 0 Å². The summed E-state index contributed by atoms with van der Waals surface area (Å²) < 4.78 is 7.64. The first-order chi connectivity index (χ1) is 11.9. The van der Waals surface area contributed by atoms with Crippen LogP contribution in [-0.2, 0) is 11.3 Å². The highest BCUT2D eigenvalue weighted by Crippen LogP contribution is 2.38. The maximum atomic E-state index is 12.6. The Morgan fingerprint density at radius 2 is 1.96 bits per heavy atom. The van der Waals surface area contributed by atoms with Crippen molar-refractivity contribution in [1.82, 2.24) is 25.0 Å². The fourth-order valence-corrected chi connectivity index (χ4v) is 4.66. The van der Waals surface area contributed by atoms with E-state index in [4.69, 9.17) is 4.74 Å². The third-order valence-corrected chi connectivity index (χ3v) is 5.59. The average molecular weight is 347 g/mol. The molecule has 1 aromatic rings. The molecule has 0 aromatic carbocycles. The molecule has 0 spiro atoms. The second-order valence-electron chi connectivity index (χ2n) is 8.64. The van der Waals surface area contributed by atoms with Crippen molar-refractivity contribution in [2.24, 2.45) is 0 Å². The van der Waals surface area contributed by atoms with Crippen molar-refractivity contribution in [1.29, 1.82) is 0 Å². The predicted octanol–water partition coefficient (Wildman–Crippen LogP) is 2.63. The second-order valence-corrected chi connectivity index (χ2v) is 8.64. The highest BCUT2D eigenvalue weighted by molar-refractivity contribution is 5.69. The minimum atomic E-state index is -0.433. The highest BCUT2D eigenvalue weighted by atomic mass is 16.6. The molecule has 0 radical (unpaired) electrons. The van der Waals surface area contributed by atoms with Crippen molar-refractivity contribution in [3.05, 3.63) is 12.2 Å². The lowest BCUT2D eigenvalue weighted by molar-refractivity contribution is 0.00405. The first-order valence-corrected chi connectivity index (χ1v) is 9.56. The van der Waals surface area contributed by atoms with Crippen LogP contribution in [0.5, 0.6) is 0 Å². The summed E-state index contributed by atoms with van der Waals surface area (Å²) in [4.78, 5) is 19.0. The molecule has 7 nitrogen and oxygen atoms in total. The quantitative estimate of drug-likeness (QED) is 0.890. The standard InChI is InChI=1S/C18H29N5O2/c1-18(2,3)25-17(24)23-13-6-7-14(23)10-12(9-13)21-15-5-4-8-22-16(15)19-11-20-22/h11-15,21H,4-10H2,1-3H3/t13-,14-,15+/m0/s1. The normalized spacial score (nSPS) is 31.7. The SMILES string of the molecule is CC(C)(C)OC(=O)N1[C@H]2CC[C@H]1CC(N[C@@H]1CCCn3ncnc31)C2. The molecular weight excluding hydrogens is 318 g/mol. The van der Waals surface area contributed by atoms with Crippen molar-refractivity contribution in [2.75, 3.05) is 0 Å². The van der Waals surface area contributed by atoms with Gasteiger partial charge in [-0.05, 0) is 59.3 Å². The molecule has 1 aromatic heterocycles. The van der Waals surface area contributed by atoms with Gasteiger partial charge in [0.25, 0.3) is 0 Å². The number of ether oxygens (including phenoxy) is 1. The number of carbonyl (C=O) groups excluding carboxylic acids is 1. The Bertz CT molecular complexity index is 624. The van der Waals surface area contributed by atoms with E-state index in [1.165, 1.54) is 0 Å². The summed E-state index contributed by atoms with van der Waals surface area (Å²) in [5.74, 6) is 1.06. The number of fused-ring (bicyclic) bond motifs is 3. The fourth-order valence-electron chi connectivity index (χ4n) is 4.66. The zero-order chi connectivity index (χ0) is 17.6. The van der Waals surface area contributed by atoms with Gasteiger partial charge < -0.3 is 15.0 Å². The molecule has 4 rings (SSSR count). The highest BCUT2D eigenvalue weighted by Gasteiger charge is 2.45. The lowest BCUT2D eigenvalue weighted by atomic mass is 9.95. The number of nitrogens with zero attached hydrogens (tertiary/aromatic N) is 4. The molecule has 3 atom stereocenters. The Morgan fingerprint density at radius 1 is 1.24 bits per heavy atom. The van der Waals surface area contributed by atoms with Gasteiger partial charge >= 0.3 is 6.09 Å². The number of hydrogen-bond acceptors (Lipinski definition) is 5. The zero-order valence-electron chi connectivity index (χ0n) is 15.4. The molecular formula is C18H29N5O2. The number of nitrogens with one attached hydrogen (secondary N) is 1. The Kier molecular flexibility index (Phi) is 4.22. The first kappa shape index (κ1) is 16.8. The zero-order valence-corrected chi connectivity index (χ0v) is 15.4. The molecule has 3 aliphatic heterocycles. The maximum absolute atomic E-state index is 12.6. The van der Waals surface area contributed by atoms with Crippen LogP contribution < -0.4 is 5.32 Å². The van der Waals surface area contributed by atoms with Crippen LogP contribution in [0.25, 0.3) is 0 Å². The molecule has 3 aliphatic rings. The minimum absolute atomic E-state index is 0.143. The van der Waals surface area contributed by atoms with Crippen molar-refractivity contribution < 1.29 is 9.53 Å². The summed E-state index contributed by atoms with van der Waals surface area (Å²) in [7, 11) is 0. The van der Waals surface area contributed by atoms with Crippen LogP contribution >= 0.6 is 0 Å². The molecule has 2 bridgehead atoms. The fraction of sp³-hybridized carbons (Fsp3) is 0.833. The lowest BCUT2D eigenvalue weighted by Gasteiger charge is -2.41. The van der Waals surface area contributed by atoms with Crippen LogP contribution in [0, 0.1) is 0 Å². The van der Waals surface area contributed by atoms with Gasteiger partial charge in [-0.3, -0.25) is 0 Å². The van der Waals surface area contributed by atoms with E-state index in [1.807, 2.05) is 30.4 Å². The van der Waals surface area contributed by atoms with E-state index in [-0.39, 0.29) is 12.1 Å². The van der Waals surface area contributed by atoms with Crippen LogP contribution in [-0.4, -0.2) is 49.5 Å². The molecule has 25 heavy (non-hydrogen) atoms. The van der Waals surface area contributed by atoms with Gasteiger partial charge in [0.15, 0.2) is 0 Å². The second kappa shape index (κ2) is 6.27. The van der Waals surface area contributed by atoms with E-state index in [0.717, 1.165) is 50.9 Å². The number of rotatable bonds is 2. The number of hydrogen-bond donors (Lipinski definition) is 1. The number of aryl methyl sites for hydroxylation is 1. The van der Waals surface area contributed by atoms with E-state index in [2.05, 4.69) is 15.4 Å². The van der Waals surface area contributed by atoms with Gasteiger partial charge in [-0.25, -0.2) is 14.5 Å². The average Bonchev–Trinajstić information content (AvgIpc) is 3.09. The van der Waals surface area contributed by atoms with E-state index in [1.54, 1.807) is 6.33 Å². The van der Waals surface area contributed by atoms with Gasteiger partial charge in [0.05, 0.1) is 6.04 Å². The summed E-state index contributed by atoms with van der Waals surface area (Å²) in [6.07, 6.45) is 7.94. The van der Waals surface area contributed by atoms with E-state index in [0.29, 0.717) is 18.1 Å². The smallest absolute Gasteiger partial charge is 0.410 e. The number of piperidine rings is 1. The summed E-state index contributed by atoms with van der Waals surface area (Å²) >= 11 is 0. The van der Waals surface area contributed by atoms with Crippen LogP contribution in [0.15, 0.2) is 6.33 Å². The van der Waals surface area contributed by atoms with Gasteiger partial charge in [0, 0.05) is 24.7 Å². The Morgan fingerprint density at radius 3 is 2.64 bits per heavy atom. The topological polar surface area (TPSA) is 72.3 Å². The van der Waals surface area contributed by atoms with E-state index < -0.39 is 5.60 Å². The predicted molar refractivity (Wildman–Crippen MR) is 93.0 cm³/mol. The molecule has 4 heterocycles. The number of aromatic nitrogens is 3. The van der Waals surface area contributed by atoms with Crippen molar-refractivity contribution >= 4 is 6.09 Å². The molecule has 0 aliphatic carbocycles. The van der Waals surface area contributed by atoms with Gasteiger partial charge in [-0.15, -0.1) is 0 Å². The molecule has 7 heteroatoms. The number of amides is 1. The summed E-state index contributed by atoms with van der Waals surface area (Å²) in [5, 5.41) is 8.11. The molecule has 1 amide bonds. The van der Waals surface area contributed by atoms with Gasteiger partial charge in [-0.2, -0.15) is 5.10 Å². The van der Waals surface area contributed by atoms with Crippen molar-refractivity contribution in [3.8, 4) is 0 Å². The van der Waals surface area contributed by atoms with Crippen LogP contribution in [0.3, 0.4) is 0 Å². The monoisotopic (exact) mass is 347 g/mol. The summed E-state index contributed by atoms with van der Waals surface area (Å²) in [5.41, 5.74) is -0.433. The minimum Gasteiger partial charge on any atom is -0.444 e. The van der Waals surface area contributed by atoms with Crippen LogP contribution in [0.1, 0.15) is 71.2 Å². The summed E-state index contributed by atoms with van der Waals surface area (Å²) in [6.45, 7) is 6.76. The first-order valence-electron chi connectivity index (χ1n) is 9.56. The van der Waals surface area contributed by atoms with Crippen molar-refractivity contribution in [3.63, 3.8) is 0 Å². The molecule has 138 valence electrons.